The van der Waals surface area contributed by atoms with Crippen LogP contribution in [0, 0.1) is 0 Å². The first kappa shape index (κ1) is 13.2. The molecule has 1 rings (SSSR count). The number of ether oxygens (including phenoxy) is 2. The minimum Gasteiger partial charge on any atom is -0.386 e. The Kier molecular flexibility index (Phi) is 6.08. The van der Waals surface area contributed by atoms with E-state index in [1.165, 1.54) is 0 Å². The minimum absolute atomic E-state index is 0.169. The number of aliphatic hydroxyl groups is 1. The van der Waals surface area contributed by atoms with Crippen molar-refractivity contribution in [1.29, 1.82) is 0 Å². The molecule has 0 fully saturated rings. The molecule has 0 spiro atoms. The molecule has 0 saturated heterocycles. The van der Waals surface area contributed by atoms with Gasteiger partial charge in [-0.15, -0.1) is 0 Å². The van der Waals surface area contributed by atoms with Crippen LogP contribution in [0.25, 0.3) is 0 Å². The number of aliphatic hydroxyl groups excluding tert-OH is 1. The van der Waals surface area contributed by atoms with Crippen LogP contribution < -0.4 is 0 Å². The molecule has 0 aliphatic heterocycles. The Morgan fingerprint density at radius 3 is 2.44 bits per heavy atom. The van der Waals surface area contributed by atoms with E-state index in [4.69, 9.17) is 9.47 Å². The Morgan fingerprint density at radius 2 is 1.88 bits per heavy atom. The van der Waals surface area contributed by atoms with Gasteiger partial charge in [-0.2, -0.15) is 0 Å². The molecule has 1 aromatic rings. The van der Waals surface area contributed by atoms with Crippen molar-refractivity contribution in [3.05, 3.63) is 35.9 Å². The van der Waals surface area contributed by atoms with Crippen molar-refractivity contribution in [3.63, 3.8) is 0 Å². The van der Waals surface area contributed by atoms with E-state index >= 15 is 0 Å². The Labute approximate surface area is 97.0 Å². The quantitative estimate of drug-likeness (QED) is 0.721. The molecule has 0 bridgehead atoms. The molecular weight excluding hydrogens is 204 g/mol. The van der Waals surface area contributed by atoms with E-state index in [9.17, 15) is 5.11 Å². The van der Waals surface area contributed by atoms with Crippen LogP contribution in [0.1, 0.15) is 25.0 Å². The van der Waals surface area contributed by atoms with E-state index in [0.29, 0.717) is 13.2 Å². The van der Waals surface area contributed by atoms with Crippen LogP contribution in [-0.4, -0.2) is 31.5 Å². The van der Waals surface area contributed by atoms with Crippen molar-refractivity contribution in [2.45, 2.75) is 25.6 Å². The molecule has 1 aromatic carbocycles. The second kappa shape index (κ2) is 7.39. The van der Waals surface area contributed by atoms with Gasteiger partial charge in [0, 0.05) is 7.11 Å². The summed E-state index contributed by atoms with van der Waals surface area (Å²) < 4.78 is 10.5. The fourth-order valence-corrected chi connectivity index (χ4v) is 1.58. The zero-order valence-corrected chi connectivity index (χ0v) is 9.93. The standard InChI is InChI=1S/C13H20O3/c1-3-12(16-10-9-15-2)13(14)11-7-5-4-6-8-11/h4-8,12-14H,3,9-10H2,1-2H3. The van der Waals surface area contributed by atoms with Crippen LogP contribution in [0.3, 0.4) is 0 Å². The summed E-state index contributed by atoms with van der Waals surface area (Å²) in [5, 5.41) is 10.1. The fraction of sp³-hybridized carbons (Fsp3) is 0.538. The molecule has 0 aromatic heterocycles. The smallest absolute Gasteiger partial charge is 0.105 e. The lowest BCUT2D eigenvalue weighted by Gasteiger charge is -2.22. The molecule has 90 valence electrons. The van der Waals surface area contributed by atoms with E-state index in [1.54, 1.807) is 7.11 Å². The van der Waals surface area contributed by atoms with Gasteiger partial charge < -0.3 is 14.6 Å². The highest BCUT2D eigenvalue weighted by atomic mass is 16.5. The lowest BCUT2D eigenvalue weighted by Crippen LogP contribution is -2.23. The summed E-state index contributed by atoms with van der Waals surface area (Å²) in [5.74, 6) is 0. The number of benzene rings is 1. The summed E-state index contributed by atoms with van der Waals surface area (Å²) in [6.45, 7) is 3.07. The number of methoxy groups -OCH3 is 1. The van der Waals surface area contributed by atoms with Crippen LogP contribution >= 0.6 is 0 Å². The maximum atomic E-state index is 10.1. The van der Waals surface area contributed by atoms with Crippen LogP contribution in [0.4, 0.5) is 0 Å². The van der Waals surface area contributed by atoms with Crippen LogP contribution in [0.5, 0.6) is 0 Å². The van der Waals surface area contributed by atoms with Crippen LogP contribution in [0.2, 0.25) is 0 Å². The molecule has 0 radical (unpaired) electrons. The van der Waals surface area contributed by atoms with Crippen LogP contribution in [0.15, 0.2) is 30.3 Å². The predicted molar refractivity (Wildman–Crippen MR) is 63.3 cm³/mol. The first-order chi connectivity index (χ1) is 7.79. The van der Waals surface area contributed by atoms with Crippen molar-refractivity contribution in [2.24, 2.45) is 0 Å². The Hall–Kier alpha value is -0.900. The summed E-state index contributed by atoms with van der Waals surface area (Å²) in [7, 11) is 1.64. The summed E-state index contributed by atoms with van der Waals surface area (Å²) >= 11 is 0. The van der Waals surface area contributed by atoms with Gasteiger partial charge in [-0.25, -0.2) is 0 Å². The van der Waals surface area contributed by atoms with E-state index in [-0.39, 0.29) is 6.10 Å². The molecule has 0 aliphatic carbocycles. The topological polar surface area (TPSA) is 38.7 Å². The van der Waals surface area contributed by atoms with E-state index in [0.717, 1.165) is 12.0 Å². The summed E-state index contributed by atoms with van der Waals surface area (Å²) in [6, 6.07) is 9.59. The average molecular weight is 224 g/mol. The highest BCUT2D eigenvalue weighted by Crippen LogP contribution is 2.20. The van der Waals surface area contributed by atoms with Gasteiger partial charge in [0.1, 0.15) is 6.10 Å². The van der Waals surface area contributed by atoms with Crippen molar-refractivity contribution in [1.82, 2.24) is 0 Å². The molecule has 16 heavy (non-hydrogen) atoms. The zero-order chi connectivity index (χ0) is 11.8. The minimum atomic E-state index is -0.567. The molecule has 2 atom stereocenters. The second-order valence-electron chi connectivity index (χ2n) is 3.67. The zero-order valence-electron chi connectivity index (χ0n) is 9.93. The van der Waals surface area contributed by atoms with Crippen molar-refractivity contribution in [3.8, 4) is 0 Å². The highest BCUT2D eigenvalue weighted by Gasteiger charge is 2.19. The maximum absolute atomic E-state index is 10.1. The maximum Gasteiger partial charge on any atom is 0.105 e. The molecule has 1 N–H and O–H groups in total. The molecule has 0 saturated carbocycles. The van der Waals surface area contributed by atoms with E-state index in [2.05, 4.69) is 0 Å². The van der Waals surface area contributed by atoms with Crippen molar-refractivity contribution in [2.75, 3.05) is 20.3 Å². The van der Waals surface area contributed by atoms with Gasteiger partial charge in [-0.3, -0.25) is 0 Å². The number of hydrogen-bond acceptors (Lipinski definition) is 3. The Balaban J connectivity index is 2.52. The SMILES string of the molecule is CCC(OCCOC)C(O)c1ccccc1. The highest BCUT2D eigenvalue weighted by molar-refractivity contribution is 5.18. The second-order valence-corrected chi connectivity index (χ2v) is 3.67. The third-order valence-corrected chi connectivity index (χ3v) is 2.52. The predicted octanol–water partition coefficient (Wildman–Crippen LogP) is 2.16. The summed E-state index contributed by atoms with van der Waals surface area (Å²) in [5.41, 5.74) is 0.895. The van der Waals surface area contributed by atoms with Gasteiger partial charge in [0.15, 0.2) is 0 Å². The Bertz CT molecular complexity index is 274. The van der Waals surface area contributed by atoms with Gasteiger partial charge in [0.2, 0.25) is 0 Å². The molecule has 2 unspecified atom stereocenters. The lowest BCUT2D eigenvalue weighted by molar-refractivity contribution is -0.0544. The van der Waals surface area contributed by atoms with Gasteiger partial charge in [-0.1, -0.05) is 37.3 Å². The van der Waals surface area contributed by atoms with E-state index < -0.39 is 6.10 Å². The van der Waals surface area contributed by atoms with Gasteiger partial charge in [-0.05, 0) is 12.0 Å². The van der Waals surface area contributed by atoms with Gasteiger partial charge in [0.25, 0.3) is 0 Å². The summed E-state index contributed by atoms with van der Waals surface area (Å²) in [6.07, 6.45) is 0.0420. The largest absolute Gasteiger partial charge is 0.386 e. The molecular formula is C13H20O3. The molecule has 0 aliphatic rings. The first-order valence-electron chi connectivity index (χ1n) is 5.63. The average Bonchev–Trinajstić information content (AvgIpc) is 2.35. The van der Waals surface area contributed by atoms with Crippen molar-refractivity contribution >= 4 is 0 Å². The third-order valence-electron chi connectivity index (χ3n) is 2.52. The fourth-order valence-electron chi connectivity index (χ4n) is 1.58. The summed E-state index contributed by atoms with van der Waals surface area (Å²) in [4.78, 5) is 0. The van der Waals surface area contributed by atoms with Crippen molar-refractivity contribution < 1.29 is 14.6 Å². The molecule has 0 amide bonds. The number of hydrogen-bond donors (Lipinski definition) is 1. The van der Waals surface area contributed by atoms with Gasteiger partial charge >= 0.3 is 0 Å². The molecule has 0 heterocycles. The number of rotatable bonds is 7. The monoisotopic (exact) mass is 224 g/mol. The molecule has 3 nitrogen and oxygen atoms in total. The van der Waals surface area contributed by atoms with Gasteiger partial charge in [0.05, 0.1) is 19.3 Å². The van der Waals surface area contributed by atoms with E-state index in [1.807, 2.05) is 37.3 Å². The van der Waals surface area contributed by atoms with Crippen LogP contribution in [-0.2, 0) is 9.47 Å². The third kappa shape index (κ3) is 3.93. The normalized spacial score (nSPS) is 14.7. The Morgan fingerprint density at radius 1 is 1.19 bits per heavy atom. The molecule has 3 heteroatoms. The lowest BCUT2D eigenvalue weighted by atomic mass is 10.0. The first-order valence-corrected chi connectivity index (χ1v) is 5.63.